The summed E-state index contributed by atoms with van der Waals surface area (Å²) in [6.45, 7) is 2.45. The van der Waals surface area contributed by atoms with Crippen LogP contribution in [0.1, 0.15) is 22.8 Å². The molecule has 1 aromatic heterocycles. The van der Waals surface area contributed by atoms with Crippen LogP contribution in [0.5, 0.6) is 5.75 Å². The second-order valence-electron chi connectivity index (χ2n) is 6.17. The highest BCUT2D eigenvalue weighted by Crippen LogP contribution is 2.33. The number of rotatable bonds is 3. The molecular weight excluding hydrogens is 316 g/mol. The van der Waals surface area contributed by atoms with Crippen molar-refractivity contribution in [2.75, 3.05) is 18.1 Å². The van der Waals surface area contributed by atoms with E-state index >= 15 is 0 Å². The summed E-state index contributed by atoms with van der Waals surface area (Å²) in [7, 11) is 0. The van der Waals surface area contributed by atoms with E-state index in [4.69, 9.17) is 4.74 Å². The summed E-state index contributed by atoms with van der Waals surface area (Å²) in [6, 6.07) is 13.2. The van der Waals surface area contributed by atoms with Gasteiger partial charge in [0.15, 0.2) is 5.78 Å². The van der Waals surface area contributed by atoms with E-state index in [2.05, 4.69) is 4.98 Å². The number of carbonyl (C=O) groups excluding carboxylic acids is 2. The number of anilines is 1. The van der Waals surface area contributed by atoms with Crippen LogP contribution < -0.4 is 9.64 Å². The number of para-hydroxylation sites is 1. The number of hydrogen-bond acceptors (Lipinski definition) is 3. The van der Waals surface area contributed by atoms with Crippen LogP contribution in [0.25, 0.3) is 10.9 Å². The molecule has 2 heterocycles. The van der Waals surface area contributed by atoms with Gasteiger partial charge in [0.2, 0.25) is 5.91 Å². The predicted molar refractivity (Wildman–Crippen MR) is 96.3 cm³/mol. The molecule has 0 fully saturated rings. The van der Waals surface area contributed by atoms with Crippen LogP contribution in [0.2, 0.25) is 0 Å². The molecule has 1 amide bonds. The Balaban J connectivity index is 1.65. The van der Waals surface area contributed by atoms with Crippen molar-refractivity contribution in [3.8, 4) is 5.75 Å². The molecule has 0 unspecified atom stereocenters. The van der Waals surface area contributed by atoms with Crippen molar-refractivity contribution in [3.63, 3.8) is 0 Å². The first-order chi connectivity index (χ1) is 12.1. The lowest BCUT2D eigenvalue weighted by atomic mass is 10.1. The van der Waals surface area contributed by atoms with E-state index in [0.29, 0.717) is 36.6 Å². The number of fused-ring (bicyclic) bond motifs is 2. The normalized spacial score (nSPS) is 13.4. The topological polar surface area (TPSA) is 62.4 Å². The largest absolute Gasteiger partial charge is 0.490 e. The van der Waals surface area contributed by atoms with Crippen molar-refractivity contribution >= 4 is 28.3 Å². The Morgan fingerprint density at radius 2 is 2.04 bits per heavy atom. The molecule has 0 radical (unpaired) electrons. The molecule has 0 atom stereocenters. The van der Waals surface area contributed by atoms with Crippen LogP contribution in [-0.4, -0.2) is 29.8 Å². The van der Waals surface area contributed by atoms with Gasteiger partial charge in [-0.15, -0.1) is 0 Å². The molecule has 126 valence electrons. The summed E-state index contributed by atoms with van der Waals surface area (Å²) < 4.78 is 5.63. The minimum Gasteiger partial charge on any atom is -0.490 e. The van der Waals surface area contributed by atoms with Gasteiger partial charge in [-0.2, -0.15) is 0 Å². The monoisotopic (exact) mass is 334 g/mol. The quantitative estimate of drug-likeness (QED) is 0.747. The first kappa shape index (κ1) is 15.4. The smallest absolute Gasteiger partial charge is 0.231 e. The Bertz CT molecular complexity index is 974. The summed E-state index contributed by atoms with van der Waals surface area (Å²) in [6.07, 6.45) is 2.18. The molecule has 5 heteroatoms. The Kier molecular flexibility index (Phi) is 3.76. The number of Topliss-reactive ketones (excluding diaryl/α,β-unsaturated/α-hetero) is 1. The van der Waals surface area contributed by atoms with Crippen LogP contribution >= 0.6 is 0 Å². The maximum Gasteiger partial charge on any atom is 0.231 e. The van der Waals surface area contributed by atoms with E-state index in [-0.39, 0.29) is 11.7 Å². The molecule has 1 N–H and O–H groups in total. The molecule has 0 saturated carbocycles. The second kappa shape index (κ2) is 6.09. The summed E-state index contributed by atoms with van der Waals surface area (Å²) in [5, 5.41) is 1.06. The summed E-state index contributed by atoms with van der Waals surface area (Å²) in [5.41, 5.74) is 3.24. The molecule has 25 heavy (non-hydrogen) atoms. The van der Waals surface area contributed by atoms with E-state index in [1.54, 1.807) is 23.1 Å². The lowest BCUT2D eigenvalue weighted by Gasteiger charge is -2.30. The van der Waals surface area contributed by atoms with Gasteiger partial charge in [0.05, 0.1) is 18.7 Å². The van der Waals surface area contributed by atoms with Crippen LogP contribution in [0.3, 0.4) is 0 Å². The molecule has 0 bridgehead atoms. The fourth-order valence-corrected chi connectivity index (χ4v) is 3.23. The summed E-state index contributed by atoms with van der Waals surface area (Å²) >= 11 is 0. The zero-order valence-corrected chi connectivity index (χ0v) is 13.9. The van der Waals surface area contributed by atoms with Crippen molar-refractivity contribution in [3.05, 3.63) is 59.8 Å². The SMILES string of the molecule is CC(=O)c1ccc2c(c1)N(C(=O)Cc1c[nH]c3ccccc13)CCO2. The van der Waals surface area contributed by atoms with Gasteiger partial charge in [0.25, 0.3) is 0 Å². The van der Waals surface area contributed by atoms with E-state index in [0.717, 1.165) is 16.5 Å². The number of amides is 1. The first-order valence-corrected chi connectivity index (χ1v) is 8.26. The Hall–Kier alpha value is -3.08. The molecule has 1 aliphatic heterocycles. The van der Waals surface area contributed by atoms with Gasteiger partial charge in [-0.3, -0.25) is 9.59 Å². The minimum atomic E-state index is -0.0302. The average Bonchev–Trinajstić information content (AvgIpc) is 3.03. The summed E-state index contributed by atoms with van der Waals surface area (Å²) in [4.78, 5) is 29.5. The minimum absolute atomic E-state index is 0.00462. The fourth-order valence-electron chi connectivity index (χ4n) is 3.23. The zero-order chi connectivity index (χ0) is 17.4. The highest BCUT2D eigenvalue weighted by Gasteiger charge is 2.25. The summed E-state index contributed by atoms with van der Waals surface area (Å²) in [5.74, 6) is 0.607. The molecule has 0 aliphatic carbocycles. The van der Waals surface area contributed by atoms with Crippen LogP contribution in [0.4, 0.5) is 5.69 Å². The van der Waals surface area contributed by atoms with E-state index < -0.39 is 0 Å². The molecule has 4 rings (SSSR count). The van der Waals surface area contributed by atoms with Crippen molar-refractivity contribution in [2.45, 2.75) is 13.3 Å². The fraction of sp³-hybridized carbons (Fsp3) is 0.200. The van der Waals surface area contributed by atoms with Gasteiger partial charge in [0.1, 0.15) is 12.4 Å². The van der Waals surface area contributed by atoms with Gasteiger partial charge in [-0.05, 0) is 36.8 Å². The lowest BCUT2D eigenvalue weighted by Crippen LogP contribution is -2.39. The number of carbonyl (C=O) groups is 2. The number of benzene rings is 2. The second-order valence-corrected chi connectivity index (χ2v) is 6.17. The van der Waals surface area contributed by atoms with E-state index in [1.165, 1.54) is 6.92 Å². The molecule has 0 saturated heterocycles. The van der Waals surface area contributed by atoms with E-state index in [1.807, 2.05) is 30.5 Å². The Morgan fingerprint density at radius 3 is 2.88 bits per heavy atom. The van der Waals surface area contributed by atoms with Gasteiger partial charge < -0.3 is 14.6 Å². The molecular formula is C20H18N2O3. The highest BCUT2D eigenvalue weighted by atomic mass is 16.5. The van der Waals surface area contributed by atoms with Crippen molar-refractivity contribution in [2.24, 2.45) is 0 Å². The van der Waals surface area contributed by atoms with Crippen LogP contribution in [0.15, 0.2) is 48.7 Å². The number of H-pyrrole nitrogens is 1. The number of aromatic amines is 1. The predicted octanol–water partition coefficient (Wildman–Crippen LogP) is 3.34. The number of hydrogen-bond donors (Lipinski definition) is 1. The number of ketones is 1. The molecule has 3 aromatic rings. The maximum atomic E-state index is 12.9. The maximum absolute atomic E-state index is 12.9. The molecule has 0 spiro atoms. The highest BCUT2D eigenvalue weighted by molar-refractivity contribution is 6.01. The number of nitrogens with zero attached hydrogens (tertiary/aromatic N) is 1. The Morgan fingerprint density at radius 1 is 1.20 bits per heavy atom. The standard InChI is InChI=1S/C20H18N2O3/c1-13(23)14-6-7-19-18(10-14)22(8-9-25-19)20(24)11-15-12-21-17-5-3-2-4-16(15)17/h2-7,10,12,21H,8-9,11H2,1H3. The van der Waals surface area contributed by atoms with Gasteiger partial charge >= 0.3 is 0 Å². The molecule has 2 aromatic carbocycles. The third-order valence-corrected chi connectivity index (χ3v) is 4.55. The van der Waals surface area contributed by atoms with E-state index in [9.17, 15) is 9.59 Å². The van der Waals surface area contributed by atoms with Crippen molar-refractivity contribution in [1.82, 2.24) is 4.98 Å². The van der Waals surface area contributed by atoms with Gasteiger partial charge in [-0.1, -0.05) is 18.2 Å². The first-order valence-electron chi connectivity index (χ1n) is 8.26. The number of aromatic nitrogens is 1. The third kappa shape index (κ3) is 2.78. The lowest BCUT2D eigenvalue weighted by molar-refractivity contribution is -0.118. The van der Waals surface area contributed by atoms with Crippen LogP contribution in [-0.2, 0) is 11.2 Å². The van der Waals surface area contributed by atoms with Crippen molar-refractivity contribution < 1.29 is 14.3 Å². The number of nitrogens with one attached hydrogen (secondary N) is 1. The van der Waals surface area contributed by atoms with Crippen LogP contribution in [0, 0.1) is 0 Å². The Labute approximate surface area is 145 Å². The number of ether oxygens (including phenoxy) is 1. The average molecular weight is 334 g/mol. The third-order valence-electron chi connectivity index (χ3n) is 4.55. The van der Waals surface area contributed by atoms with Gasteiger partial charge in [0, 0.05) is 22.7 Å². The zero-order valence-electron chi connectivity index (χ0n) is 13.9. The molecule has 1 aliphatic rings. The molecule has 5 nitrogen and oxygen atoms in total. The van der Waals surface area contributed by atoms with Gasteiger partial charge in [-0.25, -0.2) is 0 Å². The van der Waals surface area contributed by atoms with Crippen molar-refractivity contribution in [1.29, 1.82) is 0 Å².